The van der Waals surface area contributed by atoms with E-state index in [1.165, 1.54) is 6.92 Å². The number of anilines is 3. The molecule has 0 saturated heterocycles. The SMILES string of the molecule is CC(=O)Nc1cccc(OCC(=O)N2c3ccccc3Sc3ccccc32)c1. The van der Waals surface area contributed by atoms with Gasteiger partial charge in [-0.05, 0) is 36.4 Å². The predicted molar refractivity (Wildman–Crippen MR) is 110 cm³/mol. The molecule has 2 amide bonds. The highest BCUT2D eigenvalue weighted by Gasteiger charge is 2.28. The second kappa shape index (κ2) is 7.78. The van der Waals surface area contributed by atoms with E-state index in [9.17, 15) is 9.59 Å². The lowest BCUT2D eigenvalue weighted by Gasteiger charge is -2.30. The Morgan fingerprint density at radius 2 is 1.57 bits per heavy atom. The molecule has 0 aliphatic carbocycles. The summed E-state index contributed by atoms with van der Waals surface area (Å²) >= 11 is 1.65. The van der Waals surface area contributed by atoms with E-state index in [1.807, 2.05) is 48.5 Å². The van der Waals surface area contributed by atoms with Crippen LogP contribution in [0.4, 0.5) is 17.1 Å². The molecule has 0 bridgehead atoms. The zero-order valence-corrected chi connectivity index (χ0v) is 16.0. The number of nitrogens with zero attached hydrogens (tertiary/aromatic N) is 1. The summed E-state index contributed by atoms with van der Waals surface area (Å²) in [5.74, 6) is 0.199. The highest BCUT2D eigenvalue weighted by molar-refractivity contribution is 7.99. The number of nitrogens with one attached hydrogen (secondary N) is 1. The van der Waals surface area contributed by atoms with Crippen LogP contribution in [-0.4, -0.2) is 18.4 Å². The van der Waals surface area contributed by atoms with Crippen LogP contribution in [0.25, 0.3) is 0 Å². The Kier molecular flexibility index (Phi) is 5.04. The summed E-state index contributed by atoms with van der Waals surface area (Å²) in [5.41, 5.74) is 2.33. The fourth-order valence-corrected chi connectivity index (χ4v) is 4.11. The Hall–Kier alpha value is -3.25. The number of benzene rings is 3. The maximum absolute atomic E-state index is 13.1. The van der Waals surface area contributed by atoms with Gasteiger partial charge in [0.1, 0.15) is 5.75 Å². The minimum absolute atomic E-state index is 0.114. The third-order valence-corrected chi connectivity index (χ3v) is 5.33. The summed E-state index contributed by atoms with van der Waals surface area (Å²) in [6.45, 7) is 1.33. The molecule has 3 aromatic rings. The quantitative estimate of drug-likeness (QED) is 0.692. The van der Waals surface area contributed by atoms with Gasteiger partial charge in [-0.1, -0.05) is 42.1 Å². The Morgan fingerprint density at radius 1 is 0.929 bits per heavy atom. The van der Waals surface area contributed by atoms with Gasteiger partial charge in [-0.25, -0.2) is 0 Å². The van der Waals surface area contributed by atoms with Crippen molar-refractivity contribution in [3.63, 3.8) is 0 Å². The smallest absolute Gasteiger partial charge is 0.269 e. The molecule has 0 unspecified atom stereocenters. The summed E-state index contributed by atoms with van der Waals surface area (Å²) < 4.78 is 5.72. The summed E-state index contributed by atoms with van der Waals surface area (Å²) in [4.78, 5) is 28.1. The second-order valence-corrected chi connectivity index (χ2v) is 7.35. The van der Waals surface area contributed by atoms with Crippen molar-refractivity contribution >= 4 is 40.6 Å². The van der Waals surface area contributed by atoms with Crippen LogP contribution in [0.5, 0.6) is 5.75 Å². The molecular weight excluding hydrogens is 372 g/mol. The maximum Gasteiger partial charge on any atom is 0.269 e. The fourth-order valence-electron chi connectivity index (χ4n) is 3.05. The van der Waals surface area contributed by atoms with Crippen LogP contribution < -0.4 is 15.0 Å². The number of hydrogen-bond acceptors (Lipinski definition) is 4. The normalized spacial score (nSPS) is 12.0. The van der Waals surface area contributed by atoms with Crippen molar-refractivity contribution < 1.29 is 14.3 Å². The van der Waals surface area contributed by atoms with E-state index in [4.69, 9.17) is 4.74 Å². The van der Waals surface area contributed by atoms with Crippen molar-refractivity contribution in [1.82, 2.24) is 0 Å². The number of para-hydroxylation sites is 2. The molecule has 140 valence electrons. The minimum atomic E-state index is -0.162. The summed E-state index contributed by atoms with van der Waals surface area (Å²) in [5, 5.41) is 2.71. The molecule has 3 aromatic carbocycles. The number of ether oxygens (including phenoxy) is 1. The zero-order valence-electron chi connectivity index (χ0n) is 15.2. The molecule has 0 fully saturated rings. The molecule has 0 atom stereocenters. The van der Waals surface area contributed by atoms with E-state index in [-0.39, 0.29) is 18.4 Å². The summed E-state index contributed by atoms with van der Waals surface area (Å²) in [6, 6.07) is 22.7. The second-order valence-electron chi connectivity index (χ2n) is 6.26. The third-order valence-electron chi connectivity index (χ3n) is 4.20. The van der Waals surface area contributed by atoms with Crippen LogP contribution >= 0.6 is 11.8 Å². The molecule has 1 aliphatic rings. The number of rotatable bonds is 4. The number of carbonyl (C=O) groups is 2. The first-order chi connectivity index (χ1) is 13.6. The van der Waals surface area contributed by atoms with Crippen LogP contribution in [-0.2, 0) is 9.59 Å². The van der Waals surface area contributed by atoms with Gasteiger partial charge < -0.3 is 10.1 Å². The molecule has 0 saturated carbocycles. The molecule has 1 aliphatic heterocycles. The van der Waals surface area contributed by atoms with Gasteiger partial charge in [-0.3, -0.25) is 14.5 Å². The molecule has 1 N–H and O–H groups in total. The van der Waals surface area contributed by atoms with Gasteiger partial charge in [0.25, 0.3) is 5.91 Å². The van der Waals surface area contributed by atoms with Gasteiger partial charge >= 0.3 is 0 Å². The van der Waals surface area contributed by atoms with Crippen molar-refractivity contribution in [3.05, 3.63) is 72.8 Å². The van der Waals surface area contributed by atoms with Crippen LogP contribution in [0.3, 0.4) is 0 Å². The van der Waals surface area contributed by atoms with E-state index in [1.54, 1.807) is 40.9 Å². The van der Waals surface area contributed by atoms with Gasteiger partial charge in [0.2, 0.25) is 5.91 Å². The average molecular weight is 390 g/mol. The van der Waals surface area contributed by atoms with E-state index < -0.39 is 0 Å². The highest BCUT2D eigenvalue weighted by Crippen LogP contribution is 2.47. The van der Waals surface area contributed by atoms with Gasteiger partial charge in [-0.2, -0.15) is 0 Å². The van der Waals surface area contributed by atoms with E-state index in [2.05, 4.69) is 5.32 Å². The fraction of sp³-hybridized carbons (Fsp3) is 0.0909. The Balaban J connectivity index is 1.57. The van der Waals surface area contributed by atoms with Gasteiger partial charge in [0.15, 0.2) is 6.61 Å². The first-order valence-corrected chi connectivity index (χ1v) is 9.63. The van der Waals surface area contributed by atoms with Crippen molar-refractivity contribution in [2.75, 3.05) is 16.8 Å². The number of fused-ring (bicyclic) bond motifs is 2. The number of amides is 2. The van der Waals surface area contributed by atoms with Gasteiger partial charge in [-0.15, -0.1) is 0 Å². The Morgan fingerprint density at radius 3 is 2.21 bits per heavy atom. The molecule has 0 radical (unpaired) electrons. The van der Waals surface area contributed by atoms with Gasteiger partial charge in [0, 0.05) is 28.5 Å². The third kappa shape index (κ3) is 3.73. The molecule has 28 heavy (non-hydrogen) atoms. The van der Waals surface area contributed by atoms with Crippen LogP contribution in [0, 0.1) is 0 Å². The first-order valence-electron chi connectivity index (χ1n) is 8.81. The van der Waals surface area contributed by atoms with Crippen molar-refractivity contribution in [1.29, 1.82) is 0 Å². The van der Waals surface area contributed by atoms with E-state index in [0.717, 1.165) is 21.2 Å². The lowest BCUT2D eigenvalue weighted by atomic mass is 10.2. The van der Waals surface area contributed by atoms with Gasteiger partial charge in [0.05, 0.1) is 11.4 Å². The largest absolute Gasteiger partial charge is 0.484 e. The summed E-state index contributed by atoms with van der Waals surface area (Å²) in [7, 11) is 0. The Bertz CT molecular complexity index is 1010. The minimum Gasteiger partial charge on any atom is -0.484 e. The lowest BCUT2D eigenvalue weighted by molar-refractivity contribution is -0.120. The molecule has 6 heteroatoms. The summed E-state index contributed by atoms with van der Waals surface area (Å²) in [6.07, 6.45) is 0. The van der Waals surface area contributed by atoms with Crippen LogP contribution in [0.2, 0.25) is 0 Å². The van der Waals surface area contributed by atoms with Crippen LogP contribution in [0.15, 0.2) is 82.6 Å². The molecule has 1 heterocycles. The molecule has 5 nitrogen and oxygen atoms in total. The number of hydrogen-bond donors (Lipinski definition) is 1. The predicted octanol–water partition coefficient (Wildman–Crippen LogP) is 4.85. The van der Waals surface area contributed by atoms with E-state index >= 15 is 0 Å². The first kappa shape index (κ1) is 18.1. The average Bonchev–Trinajstić information content (AvgIpc) is 2.70. The maximum atomic E-state index is 13.1. The highest BCUT2D eigenvalue weighted by atomic mass is 32.2. The molecule has 0 aromatic heterocycles. The molecule has 0 spiro atoms. The lowest BCUT2D eigenvalue weighted by Crippen LogP contribution is -2.32. The Labute approximate surface area is 167 Å². The standard InChI is InChI=1S/C22H18N2O3S/c1-15(25)23-16-7-6-8-17(13-16)27-14-22(26)24-18-9-2-4-11-20(18)28-21-12-5-3-10-19(21)24/h2-13H,14H2,1H3,(H,23,25). The van der Waals surface area contributed by atoms with E-state index in [0.29, 0.717) is 11.4 Å². The van der Waals surface area contributed by atoms with Crippen molar-refractivity contribution in [2.45, 2.75) is 16.7 Å². The van der Waals surface area contributed by atoms with Crippen molar-refractivity contribution in [3.8, 4) is 5.75 Å². The molecule has 4 rings (SSSR count). The zero-order chi connectivity index (χ0) is 19.5. The van der Waals surface area contributed by atoms with Crippen molar-refractivity contribution in [2.24, 2.45) is 0 Å². The number of carbonyl (C=O) groups excluding carboxylic acids is 2. The van der Waals surface area contributed by atoms with Crippen LogP contribution in [0.1, 0.15) is 6.92 Å². The topological polar surface area (TPSA) is 58.6 Å². The molecular formula is C22H18N2O3S. The monoisotopic (exact) mass is 390 g/mol.